The molecule has 2 aliphatic heterocycles. The Morgan fingerprint density at radius 2 is 1.90 bits per heavy atom. The lowest BCUT2D eigenvalue weighted by atomic mass is 9.61. The fraction of sp³-hybridized carbons (Fsp3) is 0.744. The van der Waals surface area contributed by atoms with Crippen LogP contribution in [0.3, 0.4) is 0 Å². The topological polar surface area (TPSA) is 115 Å². The number of nitrogens with zero attached hydrogens (tertiary/aromatic N) is 3. The molecule has 3 heterocycles. The molecule has 3 saturated carbocycles. The van der Waals surface area contributed by atoms with Gasteiger partial charge in [0, 0.05) is 49.6 Å². The number of carbonyl (C=O) groups excluding carboxylic acids is 1. The average molecular weight is 677 g/mol. The zero-order valence-electron chi connectivity index (χ0n) is 29.9. The van der Waals surface area contributed by atoms with E-state index >= 15 is 0 Å². The van der Waals surface area contributed by atoms with E-state index in [1.807, 2.05) is 13.0 Å². The summed E-state index contributed by atoms with van der Waals surface area (Å²) in [6.07, 6.45) is 18.9. The molecular weight excluding hydrogens is 616 g/mol. The van der Waals surface area contributed by atoms with Crippen LogP contribution in [0.4, 0.5) is 0 Å². The van der Waals surface area contributed by atoms with Crippen molar-refractivity contribution in [3.8, 4) is 5.75 Å². The van der Waals surface area contributed by atoms with Gasteiger partial charge in [0.25, 0.3) is 0 Å². The first-order chi connectivity index (χ1) is 23.9. The number of amides is 1. The monoisotopic (exact) mass is 676 g/mol. The third-order valence-electron chi connectivity index (χ3n) is 12.7. The van der Waals surface area contributed by atoms with Crippen molar-refractivity contribution in [1.29, 1.82) is 0 Å². The van der Waals surface area contributed by atoms with Gasteiger partial charge in [-0.05, 0) is 88.6 Å². The molecule has 49 heavy (non-hydrogen) atoms. The first-order valence-electron chi connectivity index (χ1n) is 19.4. The second kappa shape index (κ2) is 15.8. The smallest absolute Gasteiger partial charge is 0.223 e. The number of fused-ring (bicyclic) bond motifs is 1. The van der Waals surface area contributed by atoms with E-state index in [1.165, 1.54) is 88.1 Å². The minimum atomic E-state index is -0.620. The van der Waals surface area contributed by atoms with Crippen LogP contribution in [0.15, 0.2) is 29.0 Å². The summed E-state index contributed by atoms with van der Waals surface area (Å²) in [5.41, 5.74) is 3.31. The number of benzene rings is 1. The number of hydrogen-bond acceptors (Lipinski definition) is 9. The SMILES string of the molecule is Cc1ncoc1COc1ccc2c(c1)CCN(C[C@@H](O)CNC(=O)C1CC(NC3CCC3)NC(N(C)C3CCC3)C13CCCCCCC3)C2. The molecule has 270 valence electrons. The van der Waals surface area contributed by atoms with Crippen LogP contribution in [0.25, 0.3) is 0 Å². The highest BCUT2D eigenvalue weighted by atomic mass is 16.5. The van der Waals surface area contributed by atoms with Crippen molar-refractivity contribution < 1.29 is 19.1 Å². The molecule has 10 heteroatoms. The third kappa shape index (κ3) is 8.04. The maximum atomic E-state index is 14.4. The molecule has 3 unspecified atom stereocenters. The molecule has 4 N–H and O–H groups in total. The zero-order valence-corrected chi connectivity index (χ0v) is 29.9. The maximum Gasteiger partial charge on any atom is 0.223 e. The minimum Gasteiger partial charge on any atom is -0.486 e. The van der Waals surface area contributed by atoms with Crippen molar-refractivity contribution in [2.75, 3.05) is 26.7 Å². The maximum absolute atomic E-state index is 14.4. The van der Waals surface area contributed by atoms with E-state index < -0.39 is 6.10 Å². The lowest BCUT2D eigenvalue weighted by Crippen LogP contribution is -2.71. The normalized spacial score (nSPS) is 27.1. The Kier molecular flexibility index (Phi) is 11.3. The lowest BCUT2D eigenvalue weighted by molar-refractivity contribution is -0.144. The van der Waals surface area contributed by atoms with Crippen molar-refractivity contribution in [3.63, 3.8) is 0 Å². The largest absolute Gasteiger partial charge is 0.486 e. The summed E-state index contributed by atoms with van der Waals surface area (Å²) >= 11 is 0. The number of β-amino-alcohol motifs (C(OH)–C–C–N with tert-alkyl or cyclic N) is 1. The van der Waals surface area contributed by atoms with Gasteiger partial charge in [0.2, 0.25) is 5.91 Å². The number of hydrogen-bond donors (Lipinski definition) is 4. The fourth-order valence-corrected chi connectivity index (χ4v) is 9.29. The molecule has 3 aliphatic carbocycles. The van der Waals surface area contributed by atoms with Crippen molar-refractivity contribution in [2.24, 2.45) is 11.3 Å². The van der Waals surface area contributed by atoms with Gasteiger partial charge < -0.3 is 19.6 Å². The Morgan fingerprint density at radius 1 is 1.12 bits per heavy atom. The molecule has 0 radical (unpaired) electrons. The van der Waals surface area contributed by atoms with Gasteiger partial charge in [-0.25, -0.2) is 4.98 Å². The summed E-state index contributed by atoms with van der Waals surface area (Å²) in [5.74, 6) is 1.65. The molecule has 1 saturated heterocycles. The van der Waals surface area contributed by atoms with E-state index in [-0.39, 0.29) is 29.6 Å². The number of aryl methyl sites for hydroxylation is 1. The van der Waals surface area contributed by atoms with Gasteiger partial charge in [-0.15, -0.1) is 0 Å². The van der Waals surface area contributed by atoms with Gasteiger partial charge in [0.15, 0.2) is 12.2 Å². The summed E-state index contributed by atoms with van der Waals surface area (Å²) in [7, 11) is 2.32. The quantitative estimate of drug-likeness (QED) is 0.246. The van der Waals surface area contributed by atoms with E-state index in [0.717, 1.165) is 56.0 Å². The van der Waals surface area contributed by atoms with Crippen LogP contribution >= 0.6 is 0 Å². The summed E-state index contributed by atoms with van der Waals surface area (Å²) in [5, 5.41) is 22.6. The molecular formula is C39H60N6O4. The van der Waals surface area contributed by atoms with E-state index in [4.69, 9.17) is 9.15 Å². The lowest BCUT2D eigenvalue weighted by Gasteiger charge is -2.58. The van der Waals surface area contributed by atoms with Crippen LogP contribution in [0, 0.1) is 18.3 Å². The molecule has 4 atom stereocenters. The second-order valence-corrected chi connectivity index (χ2v) is 15.9. The van der Waals surface area contributed by atoms with E-state index in [1.54, 1.807) is 0 Å². The number of piperidine rings is 1. The predicted molar refractivity (Wildman–Crippen MR) is 190 cm³/mol. The van der Waals surface area contributed by atoms with Gasteiger partial charge in [-0.1, -0.05) is 51.0 Å². The van der Waals surface area contributed by atoms with Crippen molar-refractivity contribution >= 4 is 5.91 Å². The van der Waals surface area contributed by atoms with Crippen molar-refractivity contribution in [2.45, 2.75) is 147 Å². The van der Waals surface area contributed by atoms with E-state index in [0.29, 0.717) is 31.8 Å². The molecule has 4 fully saturated rings. The Bertz CT molecular complexity index is 1380. The molecule has 0 bridgehead atoms. The van der Waals surface area contributed by atoms with E-state index in [2.05, 4.69) is 49.9 Å². The van der Waals surface area contributed by atoms with Gasteiger partial charge in [-0.3, -0.25) is 25.2 Å². The van der Waals surface area contributed by atoms with E-state index in [9.17, 15) is 9.90 Å². The highest BCUT2D eigenvalue weighted by molar-refractivity contribution is 5.80. The molecule has 5 aliphatic rings. The standard InChI is InChI=1S/C39H60N6O4/c1-27-35(49-26-41-27)25-48-33-15-14-29-23-45(19-16-28(29)20-33)24-32(46)22-40-37(47)34-21-36(42-30-10-8-11-30)43-38(44(2)31-12-9-13-31)39(34)17-6-4-3-5-7-18-39/h14-15,20,26,30-32,34,36,38,42-43,46H,3-13,16-19,21-25H2,1-2H3,(H,40,47)/t32-,34?,36?,38?/m0/s1. The third-order valence-corrected chi connectivity index (χ3v) is 12.7. The number of nitrogens with one attached hydrogen (secondary N) is 3. The number of aliphatic hydroxyl groups excluding tert-OH is 1. The fourth-order valence-electron chi connectivity index (χ4n) is 9.29. The summed E-state index contributed by atoms with van der Waals surface area (Å²) in [4.78, 5) is 23.5. The van der Waals surface area contributed by atoms with Crippen LogP contribution in [0.2, 0.25) is 0 Å². The second-order valence-electron chi connectivity index (χ2n) is 15.9. The number of oxazole rings is 1. The predicted octanol–water partition coefficient (Wildman–Crippen LogP) is 5.02. The molecule has 10 nitrogen and oxygen atoms in total. The minimum absolute atomic E-state index is 0.0737. The summed E-state index contributed by atoms with van der Waals surface area (Å²) in [6.45, 7) is 4.76. The van der Waals surface area contributed by atoms with Gasteiger partial charge >= 0.3 is 0 Å². The Hall–Kier alpha value is -2.50. The molecule has 2 aromatic rings. The Morgan fingerprint density at radius 3 is 2.59 bits per heavy atom. The summed E-state index contributed by atoms with van der Waals surface area (Å²) < 4.78 is 11.4. The van der Waals surface area contributed by atoms with Crippen LogP contribution < -0.4 is 20.7 Å². The van der Waals surface area contributed by atoms with Crippen LogP contribution in [-0.4, -0.2) is 83.0 Å². The van der Waals surface area contributed by atoms with Crippen LogP contribution in [-0.2, 0) is 24.4 Å². The molecule has 1 spiro atoms. The number of aliphatic hydroxyl groups is 1. The first-order valence-corrected chi connectivity index (χ1v) is 19.4. The highest BCUT2D eigenvalue weighted by Gasteiger charge is 2.55. The first kappa shape index (κ1) is 34.9. The van der Waals surface area contributed by atoms with Crippen LogP contribution in [0.1, 0.15) is 112 Å². The number of carbonyl (C=O) groups is 1. The Labute approximate surface area is 293 Å². The Balaban J connectivity index is 0.979. The van der Waals surface area contributed by atoms with Crippen molar-refractivity contribution in [1.82, 2.24) is 30.7 Å². The average Bonchev–Trinajstić information content (AvgIpc) is 3.46. The number of ether oxygens (including phenoxy) is 1. The molecule has 7 rings (SSSR count). The van der Waals surface area contributed by atoms with Crippen LogP contribution in [0.5, 0.6) is 5.75 Å². The molecule has 1 amide bonds. The zero-order chi connectivity index (χ0) is 33.8. The highest BCUT2D eigenvalue weighted by Crippen LogP contribution is 2.50. The number of aromatic nitrogens is 1. The van der Waals surface area contributed by atoms with Gasteiger partial charge in [-0.2, -0.15) is 0 Å². The molecule has 1 aromatic heterocycles. The van der Waals surface area contributed by atoms with Crippen molar-refractivity contribution in [3.05, 3.63) is 47.2 Å². The number of rotatable bonds is 12. The molecule has 1 aromatic carbocycles. The summed E-state index contributed by atoms with van der Waals surface area (Å²) in [6, 6.07) is 7.43. The van der Waals surface area contributed by atoms with Gasteiger partial charge in [0.1, 0.15) is 12.4 Å². The van der Waals surface area contributed by atoms with Gasteiger partial charge in [0.05, 0.1) is 24.1 Å².